The molecule has 2 aromatic carbocycles. The first-order chi connectivity index (χ1) is 13.9. The molecular formula is C19H11Cl3N4O2S. The number of hydrogen-bond donors (Lipinski definition) is 1. The van der Waals surface area contributed by atoms with E-state index in [0.717, 1.165) is 5.56 Å². The number of rotatable bonds is 4. The molecule has 2 heterocycles. The lowest BCUT2D eigenvalue weighted by molar-refractivity contribution is -0.116. The normalized spacial score (nSPS) is 11.0. The van der Waals surface area contributed by atoms with Crippen molar-refractivity contribution in [2.45, 2.75) is 6.54 Å². The highest BCUT2D eigenvalue weighted by atomic mass is 35.5. The van der Waals surface area contributed by atoms with Crippen molar-refractivity contribution in [1.29, 1.82) is 0 Å². The molecule has 4 rings (SSSR count). The first-order valence-electron chi connectivity index (χ1n) is 8.27. The van der Waals surface area contributed by atoms with E-state index in [1.54, 1.807) is 11.4 Å². The van der Waals surface area contributed by atoms with Crippen molar-refractivity contribution in [3.63, 3.8) is 0 Å². The molecule has 0 saturated heterocycles. The number of anilines is 1. The van der Waals surface area contributed by atoms with Gasteiger partial charge in [0.15, 0.2) is 5.13 Å². The summed E-state index contributed by atoms with van der Waals surface area (Å²) in [6.45, 7) is -0.229. The monoisotopic (exact) mass is 464 g/mol. The zero-order valence-electron chi connectivity index (χ0n) is 14.5. The molecule has 10 heteroatoms. The topological polar surface area (TPSA) is 76.9 Å². The number of benzene rings is 2. The van der Waals surface area contributed by atoms with E-state index in [9.17, 15) is 9.59 Å². The Hall–Kier alpha value is -2.45. The van der Waals surface area contributed by atoms with Gasteiger partial charge in [0.05, 0.1) is 27.9 Å². The van der Waals surface area contributed by atoms with Crippen LogP contribution in [0.15, 0.2) is 52.9 Å². The SMILES string of the molecule is O=C(Cn1cnc2c(Cl)cc(Cl)cc2c1=O)Nc1nc(-c2ccccc2Cl)cs1. The first kappa shape index (κ1) is 19.8. The Morgan fingerprint density at radius 2 is 1.93 bits per heavy atom. The summed E-state index contributed by atoms with van der Waals surface area (Å²) in [6, 6.07) is 10.3. The molecule has 0 bridgehead atoms. The van der Waals surface area contributed by atoms with E-state index in [4.69, 9.17) is 34.8 Å². The van der Waals surface area contributed by atoms with Crippen molar-refractivity contribution in [1.82, 2.24) is 14.5 Å². The van der Waals surface area contributed by atoms with E-state index in [1.165, 1.54) is 34.4 Å². The number of aromatic nitrogens is 3. The number of carbonyl (C=O) groups excluding carboxylic acids is 1. The third kappa shape index (κ3) is 4.13. The molecule has 0 aliphatic carbocycles. The van der Waals surface area contributed by atoms with E-state index < -0.39 is 11.5 Å². The third-order valence-corrected chi connectivity index (χ3v) is 5.65. The van der Waals surface area contributed by atoms with Gasteiger partial charge >= 0.3 is 0 Å². The zero-order chi connectivity index (χ0) is 20.5. The Balaban J connectivity index is 1.54. The number of fused-ring (bicyclic) bond motifs is 1. The van der Waals surface area contributed by atoms with Gasteiger partial charge in [-0.25, -0.2) is 9.97 Å². The molecule has 6 nitrogen and oxygen atoms in total. The molecule has 146 valence electrons. The third-order valence-electron chi connectivity index (χ3n) is 4.06. The summed E-state index contributed by atoms with van der Waals surface area (Å²) in [5, 5.41) is 6.29. The van der Waals surface area contributed by atoms with E-state index >= 15 is 0 Å². The number of carbonyl (C=O) groups is 1. The summed E-state index contributed by atoms with van der Waals surface area (Å²) in [4.78, 5) is 33.6. The standard InChI is InChI=1S/C19H11Cl3N4O2S/c20-10-5-12-17(14(22)6-10)23-9-26(18(12)28)7-16(27)25-19-24-15(8-29-19)11-3-1-2-4-13(11)21/h1-6,8-9H,7H2,(H,24,25,27). The van der Waals surface area contributed by atoms with Gasteiger partial charge in [-0.15, -0.1) is 11.3 Å². The molecule has 29 heavy (non-hydrogen) atoms. The summed E-state index contributed by atoms with van der Waals surface area (Å²) in [7, 11) is 0. The number of halogens is 3. The van der Waals surface area contributed by atoms with Gasteiger partial charge in [-0.3, -0.25) is 14.2 Å². The van der Waals surface area contributed by atoms with Crippen LogP contribution in [0.1, 0.15) is 0 Å². The van der Waals surface area contributed by atoms with Crippen LogP contribution in [0.3, 0.4) is 0 Å². The van der Waals surface area contributed by atoms with Crippen molar-refractivity contribution in [3.05, 3.63) is 73.5 Å². The van der Waals surface area contributed by atoms with Gasteiger partial charge in [-0.05, 0) is 18.2 Å². The first-order valence-corrected chi connectivity index (χ1v) is 10.3. The molecule has 0 atom stereocenters. The van der Waals surface area contributed by atoms with Gasteiger partial charge < -0.3 is 5.32 Å². The van der Waals surface area contributed by atoms with Gasteiger partial charge in [0, 0.05) is 21.0 Å². The van der Waals surface area contributed by atoms with Crippen molar-refractivity contribution >= 4 is 68.1 Å². The fraction of sp³-hybridized carbons (Fsp3) is 0.0526. The molecule has 2 aromatic heterocycles. The molecule has 0 spiro atoms. The largest absolute Gasteiger partial charge is 0.300 e. The van der Waals surface area contributed by atoms with Gasteiger partial charge in [0.2, 0.25) is 5.91 Å². The van der Waals surface area contributed by atoms with Crippen molar-refractivity contribution in [2.24, 2.45) is 0 Å². The molecule has 0 aliphatic rings. The fourth-order valence-electron chi connectivity index (χ4n) is 2.74. The van der Waals surface area contributed by atoms with Crippen LogP contribution in [0, 0.1) is 0 Å². The average Bonchev–Trinajstić information content (AvgIpc) is 3.13. The number of nitrogens with zero attached hydrogens (tertiary/aromatic N) is 3. The van der Waals surface area contributed by atoms with Crippen LogP contribution < -0.4 is 10.9 Å². The van der Waals surface area contributed by atoms with E-state index in [0.29, 0.717) is 26.4 Å². The zero-order valence-corrected chi connectivity index (χ0v) is 17.6. The maximum absolute atomic E-state index is 12.6. The Kier molecular flexibility index (Phi) is 5.56. The summed E-state index contributed by atoms with van der Waals surface area (Å²) < 4.78 is 1.19. The Bertz CT molecular complexity index is 1300. The molecule has 1 N–H and O–H groups in total. The second kappa shape index (κ2) is 8.12. The summed E-state index contributed by atoms with van der Waals surface area (Å²) in [6.07, 6.45) is 1.28. The summed E-state index contributed by atoms with van der Waals surface area (Å²) >= 11 is 19.5. The molecule has 1 amide bonds. The maximum atomic E-state index is 12.6. The van der Waals surface area contributed by atoms with E-state index in [1.807, 2.05) is 18.2 Å². The van der Waals surface area contributed by atoms with Crippen LogP contribution in [-0.2, 0) is 11.3 Å². The molecular weight excluding hydrogens is 455 g/mol. The molecule has 0 fully saturated rings. The van der Waals surface area contributed by atoms with Crippen LogP contribution in [0.4, 0.5) is 5.13 Å². The summed E-state index contributed by atoms with van der Waals surface area (Å²) in [5.41, 5.74) is 1.35. The van der Waals surface area contributed by atoms with Crippen LogP contribution in [0.2, 0.25) is 15.1 Å². The van der Waals surface area contributed by atoms with Crippen molar-refractivity contribution in [2.75, 3.05) is 5.32 Å². The van der Waals surface area contributed by atoms with Gasteiger partial charge in [0.1, 0.15) is 6.54 Å². The minimum absolute atomic E-state index is 0.229. The second-order valence-electron chi connectivity index (χ2n) is 6.03. The highest BCUT2D eigenvalue weighted by molar-refractivity contribution is 7.14. The fourth-order valence-corrected chi connectivity index (χ4v) is 4.25. The Labute approximate surface area is 183 Å². The molecule has 4 aromatic rings. The number of amides is 1. The van der Waals surface area contributed by atoms with E-state index in [-0.39, 0.29) is 17.0 Å². The van der Waals surface area contributed by atoms with E-state index in [2.05, 4.69) is 15.3 Å². The maximum Gasteiger partial charge on any atom is 0.261 e. The molecule has 0 saturated carbocycles. The molecule has 0 unspecified atom stereocenters. The summed E-state index contributed by atoms with van der Waals surface area (Å²) in [5.74, 6) is -0.415. The predicted octanol–water partition coefficient (Wildman–Crippen LogP) is 5.12. The number of hydrogen-bond acceptors (Lipinski definition) is 5. The highest BCUT2D eigenvalue weighted by Crippen LogP contribution is 2.30. The lowest BCUT2D eigenvalue weighted by Crippen LogP contribution is -2.28. The van der Waals surface area contributed by atoms with Crippen LogP contribution in [0.5, 0.6) is 0 Å². The van der Waals surface area contributed by atoms with Crippen LogP contribution in [0.25, 0.3) is 22.2 Å². The smallest absolute Gasteiger partial charge is 0.261 e. The quantitative estimate of drug-likeness (QED) is 0.454. The molecule has 0 aliphatic heterocycles. The average molecular weight is 466 g/mol. The van der Waals surface area contributed by atoms with Gasteiger partial charge in [-0.2, -0.15) is 0 Å². The number of nitrogens with one attached hydrogen (secondary N) is 1. The lowest BCUT2D eigenvalue weighted by Gasteiger charge is -2.07. The minimum atomic E-state index is -0.415. The van der Waals surface area contributed by atoms with Crippen LogP contribution in [-0.4, -0.2) is 20.4 Å². The van der Waals surface area contributed by atoms with Gasteiger partial charge in [-0.1, -0.05) is 53.0 Å². The minimum Gasteiger partial charge on any atom is -0.300 e. The highest BCUT2D eigenvalue weighted by Gasteiger charge is 2.13. The molecule has 0 radical (unpaired) electrons. The lowest BCUT2D eigenvalue weighted by atomic mass is 10.2. The Morgan fingerprint density at radius 3 is 2.72 bits per heavy atom. The predicted molar refractivity (Wildman–Crippen MR) is 117 cm³/mol. The number of thiazole rings is 1. The van der Waals surface area contributed by atoms with Crippen molar-refractivity contribution in [3.8, 4) is 11.3 Å². The Morgan fingerprint density at radius 1 is 1.14 bits per heavy atom. The van der Waals surface area contributed by atoms with Crippen molar-refractivity contribution < 1.29 is 4.79 Å². The second-order valence-corrected chi connectivity index (χ2v) is 8.14. The van der Waals surface area contributed by atoms with Gasteiger partial charge in [0.25, 0.3) is 5.56 Å². The van der Waals surface area contributed by atoms with Crippen LogP contribution >= 0.6 is 46.1 Å².